The molecule has 196 valence electrons. The molecule has 1 fully saturated rings. The van der Waals surface area contributed by atoms with Gasteiger partial charge in [-0.1, -0.05) is 36.4 Å². The number of phenols is 1. The summed E-state index contributed by atoms with van der Waals surface area (Å²) in [4.78, 5) is 19.6. The zero-order chi connectivity index (χ0) is 26.5. The second-order valence-electron chi connectivity index (χ2n) is 10.1. The van der Waals surface area contributed by atoms with E-state index in [4.69, 9.17) is 0 Å². The molecule has 0 radical (unpaired) electrons. The summed E-state index contributed by atoms with van der Waals surface area (Å²) < 4.78 is 13.8. The fraction of sp³-hybridized carbons (Fsp3) is 0.387. The number of phenolic OH excluding ortho intramolecular Hbond substituents is 1. The Balaban J connectivity index is 1.61. The third-order valence-electron chi connectivity index (χ3n) is 7.48. The third-order valence-corrected chi connectivity index (χ3v) is 7.48. The highest BCUT2D eigenvalue weighted by Gasteiger charge is 2.35. The molecule has 3 aromatic rings. The van der Waals surface area contributed by atoms with Crippen LogP contribution in [0, 0.1) is 5.82 Å². The average molecular weight is 504 g/mol. The van der Waals surface area contributed by atoms with Crippen LogP contribution in [-0.2, 0) is 6.54 Å². The van der Waals surface area contributed by atoms with Crippen molar-refractivity contribution in [2.75, 3.05) is 26.2 Å². The highest BCUT2D eigenvalue weighted by molar-refractivity contribution is 5.94. The van der Waals surface area contributed by atoms with Crippen LogP contribution >= 0.6 is 0 Å². The lowest BCUT2D eigenvalue weighted by Crippen LogP contribution is -2.56. The van der Waals surface area contributed by atoms with Crippen LogP contribution in [-0.4, -0.2) is 64.0 Å². The summed E-state index contributed by atoms with van der Waals surface area (Å²) in [6, 6.07) is 22.6. The van der Waals surface area contributed by atoms with Crippen LogP contribution in [0.1, 0.15) is 60.8 Å². The zero-order valence-electron chi connectivity index (χ0n) is 22.3. The van der Waals surface area contributed by atoms with Crippen LogP contribution < -0.4 is 0 Å². The van der Waals surface area contributed by atoms with Gasteiger partial charge in [-0.2, -0.15) is 0 Å². The van der Waals surface area contributed by atoms with E-state index in [2.05, 4.69) is 29.7 Å². The number of carbonyl (C=O) groups is 1. The number of nitrogens with zero attached hydrogens (tertiary/aromatic N) is 3. The summed E-state index contributed by atoms with van der Waals surface area (Å²) in [6.45, 7) is 12.1. The lowest BCUT2D eigenvalue weighted by atomic mass is 9.92. The van der Waals surface area contributed by atoms with Crippen LogP contribution in [0.4, 0.5) is 4.39 Å². The molecule has 1 aliphatic rings. The summed E-state index contributed by atoms with van der Waals surface area (Å²) in [5, 5.41) is 10.3. The van der Waals surface area contributed by atoms with E-state index < -0.39 is 0 Å². The van der Waals surface area contributed by atoms with Gasteiger partial charge in [-0.3, -0.25) is 14.6 Å². The minimum atomic E-state index is -0.205. The molecular formula is C31H38FN3O2. The minimum Gasteiger partial charge on any atom is -0.508 e. The van der Waals surface area contributed by atoms with Crippen molar-refractivity contribution in [3.63, 3.8) is 0 Å². The van der Waals surface area contributed by atoms with E-state index in [1.165, 1.54) is 6.07 Å². The maximum atomic E-state index is 13.8. The van der Waals surface area contributed by atoms with Gasteiger partial charge in [-0.15, -0.1) is 0 Å². The first-order chi connectivity index (χ1) is 17.8. The lowest BCUT2D eigenvalue weighted by Gasteiger charge is -2.47. The Morgan fingerprint density at radius 1 is 0.946 bits per heavy atom. The molecule has 1 heterocycles. The van der Waals surface area contributed by atoms with Crippen molar-refractivity contribution in [2.24, 2.45) is 0 Å². The predicted molar refractivity (Wildman–Crippen MR) is 146 cm³/mol. The predicted octanol–water partition coefficient (Wildman–Crippen LogP) is 5.70. The Kier molecular flexibility index (Phi) is 8.62. The molecule has 3 aromatic carbocycles. The fourth-order valence-corrected chi connectivity index (χ4v) is 5.45. The summed E-state index contributed by atoms with van der Waals surface area (Å²) in [6.07, 6.45) is 0. The SMILES string of the molecule is CCN(CC)C(=O)c1ccc(C(c2cccc(O)c2)N2C[C@H](C)N(Cc3cccc(F)c3)C[C@H]2C)cc1. The Morgan fingerprint density at radius 3 is 2.30 bits per heavy atom. The largest absolute Gasteiger partial charge is 0.508 e. The van der Waals surface area contributed by atoms with E-state index in [0.29, 0.717) is 25.2 Å². The number of piperazine rings is 1. The zero-order valence-corrected chi connectivity index (χ0v) is 22.3. The van der Waals surface area contributed by atoms with Crippen molar-refractivity contribution in [3.05, 3.63) is 101 Å². The number of halogens is 1. The number of aromatic hydroxyl groups is 1. The van der Waals surface area contributed by atoms with Gasteiger partial charge >= 0.3 is 0 Å². The first-order valence-electron chi connectivity index (χ1n) is 13.2. The molecule has 1 aliphatic heterocycles. The highest BCUT2D eigenvalue weighted by atomic mass is 19.1. The Morgan fingerprint density at radius 2 is 1.65 bits per heavy atom. The van der Waals surface area contributed by atoms with Crippen LogP contribution in [0.3, 0.4) is 0 Å². The normalized spacial score (nSPS) is 19.5. The number of amides is 1. The molecule has 0 bridgehead atoms. The minimum absolute atomic E-state index is 0.0402. The maximum absolute atomic E-state index is 13.8. The third kappa shape index (κ3) is 6.20. The molecule has 1 N–H and O–H groups in total. The molecule has 5 nitrogen and oxygen atoms in total. The van der Waals surface area contributed by atoms with Gasteiger partial charge in [0.2, 0.25) is 0 Å². The molecule has 1 unspecified atom stereocenters. The summed E-state index contributed by atoms with van der Waals surface area (Å²) >= 11 is 0. The first-order valence-corrected chi connectivity index (χ1v) is 13.2. The second-order valence-corrected chi connectivity index (χ2v) is 10.1. The van der Waals surface area contributed by atoms with Crippen LogP contribution in [0.5, 0.6) is 5.75 Å². The molecule has 37 heavy (non-hydrogen) atoms. The number of hydrogen-bond acceptors (Lipinski definition) is 4. The van der Waals surface area contributed by atoms with E-state index >= 15 is 0 Å². The highest BCUT2D eigenvalue weighted by Crippen LogP contribution is 2.35. The van der Waals surface area contributed by atoms with Crippen LogP contribution in [0.2, 0.25) is 0 Å². The van der Waals surface area contributed by atoms with Crippen molar-refractivity contribution in [2.45, 2.75) is 52.4 Å². The number of benzene rings is 3. The fourth-order valence-electron chi connectivity index (χ4n) is 5.45. The number of hydrogen-bond donors (Lipinski definition) is 1. The van der Waals surface area contributed by atoms with Crippen LogP contribution in [0.15, 0.2) is 72.8 Å². The van der Waals surface area contributed by atoms with E-state index in [1.54, 1.807) is 18.2 Å². The Bertz CT molecular complexity index is 1200. The summed E-state index contributed by atoms with van der Waals surface area (Å²) in [5.74, 6) is 0.0726. The van der Waals surface area contributed by atoms with Gasteiger partial charge in [0.15, 0.2) is 0 Å². The van der Waals surface area contributed by atoms with Gasteiger partial charge in [0.1, 0.15) is 11.6 Å². The number of carbonyl (C=O) groups excluding carboxylic acids is 1. The van der Waals surface area contributed by atoms with Crippen molar-refractivity contribution < 1.29 is 14.3 Å². The molecule has 0 saturated carbocycles. The molecule has 0 aromatic heterocycles. The molecular weight excluding hydrogens is 465 g/mol. The summed E-state index contributed by atoms with van der Waals surface area (Å²) in [7, 11) is 0. The van der Waals surface area contributed by atoms with Crippen molar-refractivity contribution in [1.82, 2.24) is 14.7 Å². The molecule has 3 atom stereocenters. The monoisotopic (exact) mass is 503 g/mol. The lowest BCUT2D eigenvalue weighted by molar-refractivity contribution is 0.0194. The quantitative estimate of drug-likeness (QED) is 0.429. The summed E-state index contributed by atoms with van der Waals surface area (Å²) in [5.41, 5.74) is 3.76. The molecule has 0 spiro atoms. The Hall–Kier alpha value is -3.22. The maximum Gasteiger partial charge on any atom is 0.253 e. The number of rotatable bonds is 8. The molecule has 0 aliphatic carbocycles. The topological polar surface area (TPSA) is 47.0 Å². The van der Waals surface area contributed by atoms with Gasteiger partial charge in [-0.25, -0.2) is 4.39 Å². The molecule has 6 heteroatoms. The van der Waals surface area contributed by atoms with E-state index in [0.717, 1.165) is 29.8 Å². The Labute approximate surface area is 220 Å². The smallest absolute Gasteiger partial charge is 0.253 e. The van der Waals surface area contributed by atoms with E-state index in [9.17, 15) is 14.3 Å². The molecule has 4 rings (SSSR count). The average Bonchev–Trinajstić information content (AvgIpc) is 2.88. The van der Waals surface area contributed by atoms with E-state index in [-0.39, 0.29) is 35.6 Å². The van der Waals surface area contributed by atoms with Crippen molar-refractivity contribution in [1.29, 1.82) is 0 Å². The van der Waals surface area contributed by atoms with Crippen molar-refractivity contribution >= 4 is 5.91 Å². The van der Waals surface area contributed by atoms with Gasteiger partial charge in [0.25, 0.3) is 5.91 Å². The van der Waals surface area contributed by atoms with Gasteiger partial charge < -0.3 is 10.0 Å². The standard InChI is InChI=1S/C31H38FN3O2/c1-5-33(6-2)31(37)26-15-13-25(14-16-26)30(27-10-8-12-29(36)18-27)35-20-22(3)34(19-23(35)4)21-24-9-7-11-28(32)17-24/h7-18,22-23,30,36H,5-6,19-21H2,1-4H3/t22-,23+,30?/m0/s1. The van der Waals surface area contributed by atoms with Crippen LogP contribution in [0.25, 0.3) is 0 Å². The van der Waals surface area contributed by atoms with Gasteiger partial charge in [-0.05, 0) is 80.8 Å². The second kappa shape index (κ2) is 11.9. The van der Waals surface area contributed by atoms with Crippen molar-refractivity contribution in [3.8, 4) is 5.75 Å². The molecule has 1 saturated heterocycles. The van der Waals surface area contributed by atoms with Gasteiger partial charge in [0, 0.05) is 50.4 Å². The molecule has 1 amide bonds. The first kappa shape index (κ1) is 26.8. The van der Waals surface area contributed by atoms with E-state index in [1.807, 2.05) is 61.2 Å². The van der Waals surface area contributed by atoms with Gasteiger partial charge in [0.05, 0.1) is 6.04 Å².